The van der Waals surface area contributed by atoms with E-state index in [2.05, 4.69) is 40.3 Å². The van der Waals surface area contributed by atoms with Crippen molar-refractivity contribution < 1.29 is 0 Å². The van der Waals surface area contributed by atoms with Crippen LogP contribution >= 0.6 is 0 Å². The maximum atomic E-state index is 4.68. The van der Waals surface area contributed by atoms with Crippen LogP contribution in [0.3, 0.4) is 0 Å². The maximum absolute atomic E-state index is 4.68. The Morgan fingerprint density at radius 2 is 2.17 bits per heavy atom. The van der Waals surface area contributed by atoms with Gasteiger partial charge in [-0.1, -0.05) is 26.8 Å². The highest BCUT2D eigenvalue weighted by Crippen LogP contribution is 2.18. The van der Waals surface area contributed by atoms with Gasteiger partial charge in [-0.05, 0) is 38.4 Å². The van der Waals surface area contributed by atoms with Gasteiger partial charge in [0.1, 0.15) is 5.82 Å². The second kappa shape index (κ2) is 8.09. The van der Waals surface area contributed by atoms with Crippen LogP contribution in [0.15, 0.2) is 18.2 Å². The molecule has 0 aromatic carbocycles. The normalized spacial score (nSPS) is 19.1. The van der Waals surface area contributed by atoms with Gasteiger partial charge in [-0.2, -0.15) is 0 Å². The van der Waals surface area contributed by atoms with Crippen LogP contribution in [0.5, 0.6) is 0 Å². The zero-order valence-electron chi connectivity index (χ0n) is 12.2. The third-order valence-electron chi connectivity index (χ3n) is 3.31. The number of hydrogen-bond acceptors (Lipinski definition) is 3. The van der Waals surface area contributed by atoms with Crippen molar-refractivity contribution in [2.75, 3.05) is 25.0 Å². The van der Waals surface area contributed by atoms with Gasteiger partial charge < -0.3 is 10.2 Å². The van der Waals surface area contributed by atoms with Crippen LogP contribution in [0.25, 0.3) is 0 Å². The average Bonchev–Trinajstić information content (AvgIpc) is 2.49. The van der Waals surface area contributed by atoms with Crippen molar-refractivity contribution in [2.24, 2.45) is 0 Å². The molecule has 2 heterocycles. The lowest BCUT2D eigenvalue weighted by Gasteiger charge is -2.33. The highest BCUT2D eigenvalue weighted by molar-refractivity contribution is 5.40. The number of aromatic nitrogens is 1. The summed E-state index contributed by atoms with van der Waals surface area (Å²) in [5.74, 6) is 1.14. The zero-order valence-corrected chi connectivity index (χ0v) is 12.2. The number of nitrogens with zero attached hydrogens (tertiary/aromatic N) is 2. The number of nitrogens with one attached hydrogen (secondary N) is 1. The lowest BCUT2D eigenvalue weighted by molar-refractivity contribution is 0.447. The number of aryl methyl sites for hydroxylation is 1. The number of piperidine rings is 1. The molecule has 102 valence electrons. The lowest BCUT2D eigenvalue weighted by Crippen LogP contribution is -2.44. The second-order valence-electron chi connectivity index (χ2n) is 4.41. The van der Waals surface area contributed by atoms with Gasteiger partial charge in [0.2, 0.25) is 0 Å². The Morgan fingerprint density at radius 1 is 1.39 bits per heavy atom. The number of pyridine rings is 1. The van der Waals surface area contributed by atoms with Crippen molar-refractivity contribution in [2.45, 2.75) is 46.1 Å². The first-order valence-corrected chi connectivity index (χ1v) is 7.21. The summed E-state index contributed by atoms with van der Waals surface area (Å²) in [6, 6.07) is 6.95. The minimum absolute atomic E-state index is 0.612. The van der Waals surface area contributed by atoms with Gasteiger partial charge in [-0.15, -0.1) is 0 Å². The lowest BCUT2D eigenvalue weighted by atomic mass is 10.1. The predicted octanol–water partition coefficient (Wildman–Crippen LogP) is 2.86. The third kappa shape index (κ3) is 3.98. The van der Waals surface area contributed by atoms with E-state index in [0.717, 1.165) is 25.3 Å². The molecule has 3 heteroatoms. The van der Waals surface area contributed by atoms with E-state index in [1.807, 2.05) is 20.9 Å². The van der Waals surface area contributed by atoms with E-state index in [1.165, 1.54) is 18.5 Å². The van der Waals surface area contributed by atoms with Gasteiger partial charge in [-0.3, -0.25) is 0 Å². The number of rotatable bonds is 3. The standard InChI is InChI=1S/C13H21N3.C2H6/c1-3-11-6-4-8-13(15-11)16-9-5-7-12(10-16)14-2;1-2/h4,6,8,12,14H,3,5,7,9-10H2,1-2H3;1-2H3. The monoisotopic (exact) mass is 249 g/mol. The van der Waals surface area contributed by atoms with E-state index in [1.54, 1.807) is 0 Å². The van der Waals surface area contributed by atoms with E-state index < -0.39 is 0 Å². The Balaban J connectivity index is 0.000000771. The molecule has 0 radical (unpaired) electrons. The van der Waals surface area contributed by atoms with E-state index >= 15 is 0 Å². The fourth-order valence-electron chi connectivity index (χ4n) is 2.26. The first-order chi connectivity index (χ1) is 8.83. The van der Waals surface area contributed by atoms with Crippen molar-refractivity contribution in [1.29, 1.82) is 0 Å². The van der Waals surface area contributed by atoms with Gasteiger partial charge in [0, 0.05) is 24.8 Å². The highest BCUT2D eigenvalue weighted by atomic mass is 15.2. The molecule has 0 saturated carbocycles. The molecule has 2 rings (SSSR count). The molecule has 1 atom stereocenters. The molecule has 0 amide bonds. The van der Waals surface area contributed by atoms with Crippen LogP contribution in [0.1, 0.15) is 39.3 Å². The van der Waals surface area contributed by atoms with Gasteiger partial charge >= 0.3 is 0 Å². The highest BCUT2D eigenvalue weighted by Gasteiger charge is 2.19. The molecule has 0 spiro atoms. The van der Waals surface area contributed by atoms with Crippen molar-refractivity contribution in [3.05, 3.63) is 23.9 Å². The quantitative estimate of drug-likeness (QED) is 0.893. The Bertz CT molecular complexity index is 338. The van der Waals surface area contributed by atoms with Gasteiger partial charge in [0.05, 0.1) is 0 Å². The third-order valence-corrected chi connectivity index (χ3v) is 3.31. The molecule has 1 aliphatic rings. The second-order valence-corrected chi connectivity index (χ2v) is 4.41. The van der Waals surface area contributed by atoms with Crippen LogP contribution in [0.2, 0.25) is 0 Å². The molecule has 1 N–H and O–H groups in total. The van der Waals surface area contributed by atoms with E-state index in [4.69, 9.17) is 0 Å². The molecule has 3 nitrogen and oxygen atoms in total. The van der Waals surface area contributed by atoms with Crippen LogP contribution < -0.4 is 10.2 Å². The Labute approximate surface area is 112 Å². The van der Waals surface area contributed by atoms with E-state index in [0.29, 0.717) is 6.04 Å². The predicted molar refractivity (Wildman–Crippen MR) is 79.3 cm³/mol. The molecule has 1 saturated heterocycles. The average molecular weight is 249 g/mol. The van der Waals surface area contributed by atoms with Gasteiger partial charge in [0.15, 0.2) is 0 Å². The topological polar surface area (TPSA) is 28.2 Å². The maximum Gasteiger partial charge on any atom is 0.128 e. The van der Waals surface area contributed by atoms with Crippen molar-refractivity contribution in [1.82, 2.24) is 10.3 Å². The number of hydrogen-bond donors (Lipinski definition) is 1. The van der Waals surface area contributed by atoms with Gasteiger partial charge in [0.25, 0.3) is 0 Å². The number of anilines is 1. The summed E-state index contributed by atoms with van der Waals surface area (Å²) in [6.45, 7) is 8.37. The van der Waals surface area contributed by atoms with E-state index in [-0.39, 0.29) is 0 Å². The summed E-state index contributed by atoms with van der Waals surface area (Å²) in [5, 5.41) is 3.36. The molecule has 1 unspecified atom stereocenters. The first-order valence-electron chi connectivity index (χ1n) is 7.21. The number of likely N-dealkylation sites (N-methyl/N-ethyl adjacent to an activating group) is 1. The Morgan fingerprint density at radius 3 is 2.83 bits per heavy atom. The smallest absolute Gasteiger partial charge is 0.128 e. The Hall–Kier alpha value is -1.09. The molecular weight excluding hydrogens is 222 g/mol. The van der Waals surface area contributed by atoms with E-state index in [9.17, 15) is 0 Å². The zero-order chi connectivity index (χ0) is 13.4. The molecule has 18 heavy (non-hydrogen) atoms. The largest absolute Gasteiger partial charge is 0.355 e. The summed E-state index contributed by atoms with van der Waals surface area (Å²) in [7, 11) is 2.05. The molecule has 1 aliphatic heterocycles. The fourth-order valence-corrected chi connectivity index (χ4v) is 2.26. The molecule has 1 fully saturated rings. The Kier molecular flexibility index (Phi) is 6.73. The minimum atomic E-state index is 0.612. The van der Waals surface area contributed by atoms with Crippen LogP contribution in [-0.2, 0) is 6.42 Å². The molecule has 1 aromatic rings. The van der Waals surface area contributed by atoms with Crippen molar-refractivity contribution >= 4 is 5.82 Å². The van der Waals surface area contributed by atoms with Crippen LogP contribution in [0.4, 0.5) is 5.82 Å². The minimum Gasteiger partial charge on any atom is -0.355 e. The summed E-state index contributed by atoms with van der Waals surface area (Å²) in [5.41, 5.74) is 1.18. The molecule has 0 aliphatic carbocycles. The fraction of sp³-hybridized carbons (Fsp3) is 0.667. The van der Waals surface area contributed by atoms with Crippen LogP contribution in [-0.4, -0.2) is 31.2 Å². The summed E-state index contributed by atoms with van der Waals surface area (Å²) >= 11 is 0. The van der Waals surface area contributed by atoms with Gasteiger partial charge in [-0.25, -0.2) is 4.98 Å². The van der Waals surface area contributed by atoms with Crippen molar-refractivity contribution in [3.8, 4) is 0 Å². The first kappa shape index (κ1) is 15.0. The molecule has 0 bridgehead atoms. The molecule has 1 aromatic heterocycles. The summed E-state index contributed by atoms with van der Waals surface area (Å²) in [4.78, 5) is 7.07. The summed E-state index contributed by atoms with van der Waals surface area (Å²) in [6.07, 6.45) is 3.54. The molecular formula is C15H27N3. The van der Waals surface area contributed by atoms with Crippen molar-refractivity contribution in [3.63, 3.8) is 0 Å². The van der Waals surface area contributed by atoms with Crippen LogP contribution in [0, 0.1) is 0 Å². The SMILES string of the molecule is CC.CCc1cccc(N2CCCC(NC)C2)n1. The summed E-state index contributed by atoms with van der Waals surface area (Å²) < 4.78 is 0.